The number of carbonyl (C=O) groups excluding carboxylic acids is 1. The summed E-state index contributed by atoms with van der Waals surface area (Å²) in [6, 6.07) is 14.5. The van der Waals surface area contributed by atoms with Crippen LogP contribution in [0.4, 0.5) is 15.8 Å². The molecule has 0 N–H and O–H groups in total. The van der Waals surface area contributed by atoms with Gasteiger partial charge in [0.2, 0.25) is 5.83 Å². The van der Waals surface area contributed by atoms with Gasteiger partial charge in [-0.2, -0.15) is 4.39 Å². The van der Waals surface area contributed by atoms with Crippen molar-refractivity contribution in [1.82, 2.24) is 4.31 Å². The van der Waals surface area contributed by atoms with Crippen molar-refractivity contribution >= 4 is 41.1 Å². The van der Waals surface area contributed by atoms with E-state index < -0.39 is 11.8 Å². The number of esters is 1. The molecule has 0 spiro atoms. The maximum atomic E-state index is 14.2. The van der Waals surface area contributed by atoms with Crippen molar-refractivity contribution < 1.29 is 18.7 Å². The van der Waals surface area contributed by atoms with E-state index in [2.05, 4.69) is 60.4 Å². The first-order valence-electron chi connectivity index (χ1n) is 12.0. The molecule has 8 heteroatoms. The molecule has 0 saturated heterocycles. The summed E-state index contributed by atoms with van der Waals surface area (Å²) in [6.45, 7) is 7.08. The Hall–Kier alpha value is -2.16. The molecule has 1 heterocycles. The van der Waals surface area contributed by atoms with Gasteiger partial charge in [0.05, 0.1) is 22.1 Å². The van der Waals surface area contributed by atoms with E-state index in [0.717, 1.165) is 59.7 Å². The van der Waals surface area contributed by atoms with Gasteiger partial charge in [-0.3, -0.25) is 0 Å². The number of rotatable bonds is 10. The maximum absolute atomic E-state index is 14.2. The third kappa shape index (κ3) is 6.35. The summed E-state index contributed by atoms with van der Waals surface area (Å²) in [5.74, 6) is -1.59. The summed E-state index contributed by atoms with van der Waals surface area (Å²) in [5, 5.41) is 0. The molecule has 1 unspecified atom stereocenters. The minimum absolute atomic E-state index is 0.0218. The van der Waals surface area contributed by atoms with Crippen LogP contribution in [0, 0.1) is 0 Å². The molecule has 0 radical (unpaired) electrons. The van der Waals surface area contributed by atoms with Crippen LogP contribution in [0.3, 0.4) is 0 Å². The number of unbranched alkanes of at least 4 members (excludes halogenated alkanes) is 1. The highest BCUT2D eigenvalue weighted by molar-refractivity contribution is 7.98. The molecule has 0 fully saturated rings. The number of nitrogens with zero attached hydrogens (tertiary/aromatic N) is 2. The maximum Gasteiger partial charge on any atom is 0.370 e. The van der Waals surface area contributed by atoms with E-state index in [0.29, 0.717) is 5.75 Å². The van der Waals surface area contributed by atoms with Crippen molar-refractivity contribution in [2.24, 2.45) is 0 Å². The Kier molecular flexibility index (Phi) is 9.95. The van der Waals surface area contributed by atoms with Crippen LogP contribution in [0.15, 0.2) is 64.3 Å². The predicted molar refractivity (Wildman–Crippen MR) is 144 cm³/mol. The molecule has 1 aliphatic rings. The molecule has 0 saturated carbocycles. The summed E-state index contributed by atoms with van der Waals surface area (Å²) in [4.78, 5) is 15.9. The molecule has 2 aromatic carbocycles. The van der Waals surface area contributed by atoms with Crippen LogP contribution in [0.1, 0.15) is 46.5 Å². The lowest BCUT2D eigenvalue weighted by molar-refractivity contribution is -0.140. The highest BCUT2D eigenvalue weighted by Gasteiger charge is 2.39. The van der Waals surface area contributed by atoms with Gasteiger partial charge in [0.1, 0.15) is 12.0 Å². The number of ether oxygens (including phenoxy) is 2. The predicted octanol–water partition coefficient (Wildman–Crippen LogP) is 7.59. The Bertz CT molecular complexity index is 1030. The molecule has 2 aromatic rings. The van der Waals surface area contributed by atoms with E-state index >= 15 is 0 Å². The van der Waals surface area contributed by atoms with Crippen LogP contribution in [0.2, 0.25) is 0 Å². The van der Waals surface area contributed by atoms with Gasteiger partial charge in [0.15, 0.2) is 0 Å². The third-order valence-electron chi connectivity index (χ3n) is 6.37. The zero-order valence-corrected chi connectivity index (χ0v) is 22.8. The Labute approximate surface area is 217 Å². The van der Waals surface area contributed by atoms with Gasteiger partial charge in [-0.05, 0) is 69.3 Å². The van der Waals surface area contributed by atoms with Crippen molar-refractivity contribution in [3.8, 4) is 5.75 Å². The highest BCUT2D eigenvalue weighted by atomic mass is 32.2. The summed E-state index contributed by atoms with van der Waals surface area (Å²) in [6.07, 6.45) is 7.19. The smallest absolute Gasteiger partial charge is 0.370 e. The van der Waals surface area contributed by atoms with Gasteiger partial charge in [-0.15, -0.1) is 11.8 Å². The van der Waals surface area contributed by atoms with Crippen molar-refractivity contribution in [1.29, 1.82) is 0 Å². The SMILES string of the molecule is CCCCC1(CC)CN(c2ccccc2)c2cc(SC)c(O/C=C(\F)C(=O)OCC)cc2SN1C. The lowest BCUT2D eigenvalue weighted by Crippen LogP contribution is -2.49. The number of thioether (sulfide) groups is 1. The van der Waals surface area contributed by atoms with Crippen LogP contribution in [-0.4, -0.2) is 42.3 Å². The van der Waals surface area contributed by atoms with Crippen LogP contribution >= 0.6 is 23.7 Å². The minimum atomic E-state index is -1.06. The summed E-state index contributed by atoms with van der Waals surface area (Å²) in [7, 11) is 2.16. The zero-order chi connectivity index (χ0) is 25.4. The number of fused-ring (bicyclic) bond motifs is 1. The second-order valence-electron chi connectivity index (χ2n) is 8.47. The first kappa shape index (κ1) is 27.4. The molecular formula is C27H35FN2O3S2. The second-order valence-corrected chi connectivity index (χ2v) is 10.5. The van der Waals surface area contributed by atoms with E-state index in [1.165, 1.54) is 11.8 Å². The van der Waals surface area contributed by atoms with Crippen molar-refractivity contribution in [2.45, 2.75) is 61.8 Å². The topological polar surface area (TPSA) is 42.0 Å². The molecule has 0 aromatic heterocycles. The molecule has 0 amide bonds. The Balaban J connectivity index is 2.08. The number of carbonyl (C=O) groups is 1. The van der Waals surface area contributed by atoms with Crippen LogP contribution in [0.25, 0.3) is 0 Å². The van der Waals surface area contributed by atoms with Gasteiger partial charge in [-0.25, -0.2) is 9.10 Å². The van der Waals surface area contributed by atoms with Crippen LogP contribution in [-0.2, 0) is 9.53 Å². The van der Waals surface area contributed by atoms with E-state index in [4.69, 9.17) is 9.47 Å². The number of para-hydroxylation sites is 1. The lowest BCUT2D eigenvalue weighted by Gasteiger charge is -2.42. The largest absolute Gasteiger partial charge is 0.461 e. The quantitative estimate of drug-likeness (QED) is 0.105. The number of likely N-dealkylation sites (N-methyl/N-ethyl adjacent to an activating group) is 1. The van der Waals surface area contributed by atoms with Crippen molar-refractivity contribution in [2.75, 3.05) is 31.4 Å². The number of hydrogen-bond donors (Lipinski definition) is 0. The summed E-state index contributed by atoms with van der Waals surface area (Å²) in [5.41, 5.74) is 2.20. The van der Waals surface area contributed by atoms with Gasteiger partial charge >= 0.3 is 5.97 Å². The highest BCUT2D eigenvalue weighted by Crippen LogP contribution is 2.49. The fourth-order valence-electron chi connectivity index (χ4n) is 4.24. The Morgan fingerprint density at radius 1 is 1.23 bits per heavy atom. The standard InChI is InChI=1S/C27H35FN2O3S2/c1-6-9-15-27(7-2)19-30(20-13-11-10-12-14-20)22-16-25(34-5)23(17-24(22)35-29(27)4)33-18-21(28)26(31)32-8-3/h10-14,16-18H,6-9,15,19H2,1-5H3/b21-18-. The fraction of sp³-hybridized carbons (Fsp3) is 0.444. The molecule has 35 heavy (non-hydrogen) atoms. The van der Waals surface area contributed by atoms with E-state index in [9.17, 15) is 9.18 Å². The molecule has 3 rings (SSSR count). The average Bonchev–Trinajstić information content (AvgIpc) is 2.99. The molecule has 0 aliphatic carbocycles. The lowest BCUT2D eigenvalue weighted by atomic mass is 9.88. The van der Waals surface area contributed by atoms with E-state index in [-0.39, 0.29) is 12.1 Å². The summed E-state index contributed by atoms with van der Waals surface area (Å²) >= 11 is 3.21. The molecule has 190 valence electrons. The molecule has 1 atom stereocenters. The second kappa shape index (κ2) is 12.7. The number of hydrogen-bond acceptors (Lipinski definition) is 7. The van der Waals surface area contributed by atoms with E-state index in [1.807, 2.05) is 18.4 Å². The van der Waals surface area contributed by atoms with Crippen molar-refractivity contribution in [3.63, 3.8) is 0 Å². The van der Waals surface area contributed by atoms with Gasteiger partial charge < -0.3 is 14.4 Å². The zero-order valence-electron chi connectivity index (χ0n) is 21.2. The number of halogens is 1. The molecule has 0 bridgehead atoms. The third-order valence-corrected chi connectivity index (χ3v) is 8.32. The van der Waals surface area contributed by atoms with Crippen LogP contribution in [0.5, 0.6) is 5.75 Å². The van der Waals surface area contributed by atoms with Gasteiger partial charge in [0, 0.05) is 17.8 Å². The van der Waals surface area contributed by atoms with Crippen LogP contribution < -0.4 is 9.64 Å². The Morgan fingerprint density at radius 2 is 1.97 bits per heavy atom. The normalized spacial score (nSPS) is 18.7. The molecular weight excluding hydrogens is 483 g/mol. The number of benzene rings is 2. The molecule has 5 nitrogen and oxygen atoms in total. The first-order chi connectivity index (χ1) is 16.9. The average molecular weight is 519 g/mol. The van der Waals surface area contributed by atoms with E-state index in [1.54, 1.807) is 18.9 Å². The fourth-order valence-corrected chi connectivity index (χ4v) is 5.97. The van der Waals surface area contributed by atoms with Gasteiger partial charge in [-0.1, -0.05) is 44.9 Å². The summed E-state index contributed by atoms with van der Waals surface area (Å²) < 4.78 is 26.9. The van der Waals surface area contributed by atoms with Crippen molar-refractivity contribution in [3.05, 3.63) is 54.6 Å². The van der Waals surface area contributed by atoms with Gasteiger partial charge in [0.25, 0.3) is 0 Å². The minimum Gasteiger partial charge on any atom is -0.461 e. The Morgan fingerprint density at radius 3 is 2.60 bits per heavy atom. The monoisotopic (exact) mass is 518 g/mol. The molecule has 1 aliphatic heterocycles. The number of anilines is 2. The first-order valence-corrected chi connectivity index (χ1v) is 14.0.